The quantitative estimate of drug-likeness (QED) is 0.437. The Balaban J connectivity index is 1.49. The maximum atomic E-state index is 13.4. The SMILES string of the molecule is COc1ccc(CCN2C(=O)c3[nH]nc(-c4ccccc4)c3C2c2cccs2)cc1OC. The van der Waals surface area contributed by atoms with Gasteiger partial charge in [-0.1, -0.05) is 42.5 Å². The summed E-state index contributed by atoms with van der Waals surface area (Å²) in [6.07, 6.45) is 0.701. The summed E-state index contributed by atoms with van der Waals surface area (Å²) in [5.41, 5.74) is 4.45. The van der Waals surface area contributed by atoms with Crippen molar-refractivity contribution in [1.29, 1.82) is 0 Å². The minimum atomic E-state index is -0.161. The number of nitrogens with one attached hydrogen (secondary N) is 1. The van der Waals surface area contributed by atoms with Gasteiger partial charge in [-0.3, -0.25) is 9.89 Å². The number of rotatable bonds is 7. The number of aromatic amines is 1. The van der Waals surface area contributed by atoms with E-state index in [1.54, 1.807) is 25.6 Å². The van der Waals surface area contributed by atoms with Gasteiger partial charge in [-0.2, -0.15) is 5.10 Å². The fraction of sp³-hybridized carbons (Fsp3) is 0.200. The Morgan fingerprint density at radius 2 is 1.84 bits per heavy atom. The highest BCUT2D eigenvalue weighted by Gasteiger charge is 2.42. The number of fused-ring (bicyclic) bond motifs is 1. The summed E-state index contributed by atoms with van der Waals surface area (Å²) in [4.78, 5) is 16.5. The summed E-state index contributed by atoms with van der Waals surface area (Å²) >= 11 is 1.66. The number of methoxy groups -OCH3 is 2. The van der Waals surface area contributed by atoms with Gasteiger partial charge in [0, 0.05) is 22.5 Å². The van der Waals surface area contributed by atoms with Gasteiger partial charge in [-0.25, -0.2) is 0 Å². The lowest BCUT2D eigenvalue weighted by atomic mass is 10.0. The highest BCUT2D eigenvalue weighted by atomic mass is 32.1. The average molecular weight is 446 g/mol. The van der Waals surface area contributed by atoms with Crippen molar-refractivity contribution in [1.82, 2.24) is 15.1 Å². The van der Waals surface area contributed by atoms with E-state index in [1.807, 2.05) is 64.9 Å². The van der Waals surface area contributed by atoms with Crippen LogP contribution in [-0.2, 0) is 6.42 Å². The number of carbonyl (C=O) groups excluding carboxylic acids is 1. The van der Waals surface area contributed by atoms with E-state index in [0.717, 1.165) is 27.3 Å². The monoisotopic (exact) mass is 445 g/mol. The molecule has 0 bridgehead atoms. The first kappa shape index (κ1) is 20.3. The number of thiophene rings is 1. The first-order valence-electron chi connectivity index (χ1n) is 10.4. The van der Waals surface area contributed by atoms with Gasteiger partial charge in [0.1, 0.15) is 5.69 Å². The van der Waals surface area contributed by atoms with Crippen molar-refractivity contribution in [2.75, 3.05) is 20.8 Å². The molecular formula is C25H23N3O3S. The molecule has 1 aliphatic heterocycles. The van der Waals surface area contributed by atoms with Crippen LogP contribution >= 0.6 is 11.3 Å². The second-order valence-corrected chi connectivity index (χ2v) is 8.56. The molecule has 4 aromatic rings. The summed E-state index contributed by atoms with van der Waals surface area (Å²) < 4.78 is 10.8. The van der Waals surface area contributed by atoms with Crippen molar-refractivity contribution in [2.45, 2.75) is 12.5 Å². The van der Waals surface area contributed by atoms with Gasteiger partial charge >= 0.3 is 0 Å². The third-order valence-electron chi connectivity index (χ3n) is 5.81. The molecule has 3 heterocycles. The first-order valence-corrected chi connectivity index (χ1v) is 11.3. The van der Waals surface area contributed by atoms with E-state index < -0.39 is 0 Å². The van der Waals surface area contributed by atoms with Gasteiger partial charge in [-0.15, -0.1) is 11.3 Å². The van der Waals surface area contributed by atoms with Crippen LogP contribution in [-0.4, -0.2) is 41.8 Å². The smallest absolute Gasteiger partial charge is 0.273 e. The van der Waals surface area contributed by atoms with E-state index in [9.17, 15) is 4.79 Å². The second-order valence-electron chi connectivity index (χ2n) is 7.58. The number of hydrogen-bond acceptors (Lipinski definition) is 5. The molecule has 2 aromatic heterocycles. The van der Waals surface area contributed by atoms with E-state index in [0.29, 0.717) is 30.2 Å². The van der Waals surface area contributed by atoms with E-state index >= 15 is 0 Å². The van der Waals surface area contributed by atoms with Gasteiger partial charge < -0.3 is 14.4 Å². The Hall–Kier alpha value is -3.58. The van der Waals surface area contributed by atoms with Crippen LogP contribution in [0.15, 0.2) is 66.0 Å². The lowest BCUT2D eigenvalue weighted by Crippen LogP contribution is -2.31. The summed E-state index contributed by atoms with van der Waals surface area (Å²) in [7, 11) is 3.25. The molecule has 32 heavy (non-hydrogen) atoms. The fourth-order valence-electron chi connectivity index (χ4n) is 4.27. The molecule has 0 aliphatic carbocycles. The molecule has 1 aliphatic rings. The normalized spacial score (nSPS) is 15.1. The number of hydrogen-bond donors (Lipinski definition) is 1. The number of H-pyrrole nitrogens is 1. The van der Waals surface area contributed by atoms with E-state index in [1.165, 1.54) is 0 Å². The molecule has 0 fully saturated rings. The molecule has 7 heteroatoms. The third kappa shape index (κ3) is 3.44. The minimum Gasteiger partial charge on any atom is -0.493 e. The molecule has 5 rings (SSSR count). The van der Waals surface area contributed by atoms with Crippen molar-refractivity contribution < 1.29 is 14.3 Å². The van der Waals surface area contributed by atoms with E-state index in [-0.39, 0.29) is 11.9 Å². The van der Waals surface area contributed by atoms with E-state index in [2.05, 4.69) is 16.3 Å². The van der Waals surface area contributed by atoms with Gasteiger partial charge in [0.2, 0.25) is 0 Å². The van der Waals surface area contributed by atoms with Crippen LogP contribution < -0.4 is 9.47 Å². The largest absolute Gasteiger partial charge is 0.493 e. The summed E-state index contributed by atoms with van der Waals surface area (Å²) in [6, 6.07) is 19.8. The standard InChI is InChI=1S/C25H23N3O3S/c1-30-18-11-10-16(15-19(18)31-2)12-13-28-24(20-9-6-14-32-20)21-22(17-7-4-3-5-8-17)26-27-23(21)25(28)29/h3-11,14-15,24H,12-13H2,1-2H3,(H,26,27). The van der Waals surface area contributed by atoms with Crippen LogP contribution in [0.3, 0.4) is 0 Å². The molecule has 0 saturated heterocycles. The van der Waals surface area contributed by atoms with E-state index in [4.69, 9.17) is 9.47 Å². The van der Waals surface area contributed by atoms with Gasteiger partial charge in [0.05, 0.1) is 26.0 Å². The Morgan fingerprint density at radius 1 is 1.03 bits per heavy atom. The van der Waals surface area contributed by atoms with Crippen molar-refractivity contribution in [3.63, 3.8) is 0 Å². The zero-order valence-electron chi connectivity index (χ0n) is 17.9. The molecule has 6 nitrogen and oxygen atoms in total. The van der Waals surface area contributed by atoms with Crippen molar-refractivity contribution in [3.8, 4) is 22.8 Å². The first-order chi connectivity index (χ1) is 15.7. The zero-order chi connectivity index (χ0) is 22.1. The van der Waals surface area contributed by atoms with Crippen LogP contribution in [0.5, 0.6) is 11.5 Å². The fourth-order valence-corrected chi connectivity index (χ4v) is 5.12. The zero-order valence-corrected chi connectivity index (χ0v) is 18.7. The van der Waals surface area contributed by atoms with Crippen molar-refractivity contribution >= 4 is 17.2 Å². The third-order valence-corrected chi connectivity index (χ3v) is 6.74. The number of ether oxygens (including phenoxy) is 2. The van der Waals surface area contributed by atoms with Crippen LogP contribution in [0.2, 0.25) is 0 Å². The number of benzene rings is 2. The lowest BCUT2D eigenvalue weighted by molar-refractivity contribution is 0.0748. The molecule has 1 amide bonds. The predicted molar refractivity (Wildman–Crippen MR) is 124 cm³/mol. The Morgan fingerprint density at radius 3 is 2.56 bits per heavy atom. The van der Waals surface area contributed by atoms with Crippen LogP contribution in [0.4, 0.5) is 0 Å². The predicted octanol–water partition coefficient (Wildman–Crippen LogP) is 4.94. The molecule has 1 atom stereocenters. The Kier molecular flexibility index (Phi) is 5.41. The Bertz CT molecular complexity index is 1230. The number of nitrogens with zero attached hydrogens (tertiary/aromatic N) is 2. The molecule has 2 aromatic carbocycles. The van der Waals surface area contributed by atoms with Gasteiger partial charge in [0.15, 0.2) is 11.5 Å². The molecule has 0 radical (unpaired) electrons. The van der Waals surface area contributed by atoms with Crippen LogP contribution in [0.1, 0.15) is 32.5 Å². The maximum Gasteiger partial charge on any atom is 0.273 e. The number of amides is 1. The molecule has 0 spiro atoms. The number of aromatic nitrogens is 2. The van der Waals surface area contributed by atoms with Crippen LogP contribution in [0, 0.1) is 0 Å². The van der Waals surface area contributed by atoms with Gasteiger partial charge in [0.25, 0.3) is 5.91 Å². The van der Waals surface area contributed by atoms with Gasteiger partial charge in [-0.05, 0) is 35.6 Å². The highest BCUT2D eigenvalue weighted by Crippen LogP contribution is 2.44. The number of carbonyl (C=O) groups is 1. The molecule has 0 saturated carbocycles. The van der Waals surface area contributed by atoms with Crippen molar-refractivity contribution in [3.05, 3.63) is 87.7 Å². The highest BCUT2D eigenvalue weighted by molar-refractivity contribution is 7.10. The molecule has 1 unspecified atom stereocenters. The average Bonchev–Trinajstić information content (AvgIpc) is 3.56. The topological polar surface area (TPSA) is 67.5 Å². The summed E-state index contributed by atoms with van der Waals surface area (Å²) in [5, 5.41) is 9.58. The molecule has 162 valence electrons. The van der Waals surface area contributed by atoms with Crippen LogP contribution in [0.25, 0.3) is 11.3 Å². The summed E-state index contributed by atoms with van der Waals surface area (Å²) in [6.45, 7) is 0.577. The summed E-state index contributed by atoms with van der Waals surface area (Å²) in [5.74, 6) is 1.36. The molecule has 1 N–H and O–H groups in total. The molecular weight excluding hydrogens is 422 g/mol. The second kappa shape index (κ2) is 8.51. The lowest BCUT2D eigenvalue weighted by Gasteiger charge is -2.25. The maximum absolute atomic E-state index is 13.4. The minimum absolute atomic E-state index is 0.0199. The Labute approximate surface area is 190 Å². The van der Waals surface area contributed by atoms with Crippen molar-refractivity contribution in [2.24, 2.45) is 0 Å².